The predicted octanol–water partition coefficient (Wildman–Crippen LogP) is -0.000800. The Morgan fingerprint density at radius 3 is 2.81 bits per heavy atom. The SMILES string of the molecule is CC1CN(C)CCN1C(C)C1CNCCO1. The van der Waals surface area contributed by atoms with E-state index in [4.69, 9.17) is 4.74 Å². The Morgan fingerprint density at radius 1 is 1.38 bits per heavy atom. The maximum Gasteiger partial charge on any atom is 0.0852 e. The van der Waals surface area contributed by atoms with Gasteiger partial charge in [-0.2, -0.15) is 0 Å². The number of hydrogen-bond acceptors (Lipinski definition) is 4. The Bertz CT molecular complexity index is 218. The molecule has 1 N–H and O–H groups in total. The van der Waals surface area contributed by atoms with Gasteiger partial charge in [-0.1, -0.05) is 0 Å². The number of likely N-dealkylation sites (N-methyl/N-ethyl adjacent to an activating group) is 1. The minimum absolute atomic E-state index is 0.361. The zero-order chi connectivity index (χ0) is 11.5. The summed E-state index contributed by atoms with van der Waals surface area (Å²) in [7, 11) is 2.21. The van der Waals surface area contributed by atoms with Crippen molar-refractivity contribution in [3.8, 4) is 0 Å². The van der Waals surface area contributed by atoms with E-state index in [-0.39, 0.29) is 0 Å². The third kappa shape index (κ3) is 2.74. The van der Waals surface area contributed by atoms with Gasteiger partial charge in [0, 0.05) is 44.8 Å². The lowest BCUT2D eigenvalue weighted by Gasteiger charge is -2.44. The molecule has 2 fully saturated rings. The van der Waals surface area contributed by atoms with Gasteiger partial charge >= 0.3 is 0 Å². The third-order valence-corrected chi connectivity index (χ3v) is 3.90. The number of ether oxygens (including phenoxy) is 1. The van der Waals surface area contributed by atoms with E-state index in [9.17, 15) is 0 Å². The van der Waals surface area contributed by atoms with Crippen molar-refractivity contribution in [3.63, 3.8) is 0 Å². The van der Waals surface area contributed by atoms with E-state index in [0.29, 0.717) is 18.2 Å². The van der Waals surface area contributed by atoms with E-state index in [1.165, 1.54) is 19.6 Å². The Kier molecular flexibility index (Phi) is 4.19. The molecule has 2 saturated heterocycles. The topological polar surface area (TPSA) is 27.7 Å². The van der Waals surface area contributed by atoms with Crippen molar-refractivity contribution >= 4 is 0 Å². The first-order valence-corrected chi connectivity index (χ1v) is 6.45. The first-order chi connectivity index (χ1) is 7.68. The lowest BCUT2D eigenvalue weighted by Crippen LogP contribution is -2.59. The minimum atomic E-state index is 0.361. The summed E-state index contributed by atoms with van der Waals surface area (Å²) in [5, 5.41) is 3.42. The summed E-state index contributed by atoms with van der Waals surface area (Å²) in [4.78, 5) is 5.01. The van der Waals surface area contributed by atoms with Crippen LogP contribution in [0.25, 0.3) is 0 Å². The molecule has 2 rings (SSSR count). The zero-order valence-electron chi connectivity index (χ0n) is 10.8. The highest BCUT2D eigenvalue weighted by Crippen LogP contribution is 2.16. The first-order valence-electron chi connectivity index (χ1n) is 6.45. The van der Waals surface area contributed by atoms with Crippen LogP contribution < -0.4 is 5.32 Å². The normalized spacial score (nSPS) is 36.2. The van der Waals surface area contributed by atoms with Gasteiger partial charge in [0.2, 0.25) is 0 Å². The third-order valence-electron chi connectivity index (χ3n) is 3.90. The van der Waals surface area contributed by atoms with Crippen molar-refractivity contribution in [3.05, 3.63) is 0 Å². The van der Waals surface area contributed by atoms with Gasteiger partial charge in [0.25, 0.3) is 0 Å². The highest BCUT2D eigenvalue weighted by Gasteiger charge is 2.31. The monoisotopic (exact) mass is 227 g/mol. The van der Waals surface area contributed by atoms with Gasteiger partial charge in [-0.15, -0.1) is 0 Å². The van der Waals surface area contributed by atoms with Gasteiger partial charge < -0.3 is 15.0 Å². The van der Waals surface area contributed by atoms with E-state index in [2.05, 4.69) is 36.0 Å². The van der Waals surface area contributed by atoms with Crippen molar-refractivity contribution in [2.24, 2.45) is 0 Å². The number of piperazine rings is 1. The molecule has 2 aliphatic rings. The average molecular weight is 227 g/mol. The second kappa shape index (κ2) is 5.45. The zero-order valence-corrected chi connectivity index (χ0v) is 10.8. The molecule has 4 nitrogen and oxygen atoms in total. The lowest BCUT2D eigenvalue weighted by molar-refractivity contribution is -0.0493. The van der Waals surface area contributed by atoms with Crippen LogP contribution in [0.4, 0.5) is 0 Å². The highest BCUT2D eigenvalue weighted by atomic mass is 16.5. The van der Waals surface area contributed by atoms with Crippen molar-refractivity contribution in [1.29, 1.82) is 0 Å². The maximum atomic E-state index is 5.85. The lowest BCUT2D eigenvalue weighted by atomic mass is 10.1. The van der Waals surface area contributed by atoms with Crippen LogP contribution in [-0.2, 0) is 4.74 Å². The van der Waals surface area contributed by atoms with Gasteiger partial charge in [-0.25, -0.2) is 0 Å². The quantitative estimate of drug-likeness (QED) is 0.719. The fraction of sp³-hybridized carbons (Fsp3) is 1.00. The summed E-state index contributed by atoms with van der Waals surface area (Å²) in [6, 6.07) is 1.16. The molecule has 0 bridgehead atoms. The predicted molar refractivity (Wildman–Crippen MR) is 65.7 cm³/mol. The largest absolute Gasteiger partial charge is 0.374 e. The van der Waals surface area contributed by atoms with Crippen LogP contribution in [-0.4, -0.2) is 74.4 Å². The smallest absolute Gasteiger partial charge is 0.0852 e. The molecule has 16 heavy (non-hydrogen) atoms. The second-order valence-corrected chi connectivity index (χ2v) is 5.20. The van der Waals surface area contributed by atoms with Crippen molar-refractivity contribution < 1.29 is 4.74 Å². The Labute approximate surface area is 98.9 Å². The van der Waals surface area contributed by atoms with Crippen LogP contribution in [0.3, 0.4) is 0 Å². The van der Waals surface area contributed by atoms with E-state index >= 15 is 0 Å². The summed E-state index contributed by atoms with van der Waals surface area (Å²) < 4.78 is 5.85. The molecule has 0 amide bonds. The van der Waals surface area contributed by atoms with Crippen LogP contribution in [0.5, 0.6) is 0 Å². The van der Waals surface area contributed by atoms with E-state index in [1.807, 2.05) is 0 Å². The van der Waals surface area contributed by atoms with E-state index in [1.54, 1.807) is 0 Å². The molecule has 3 unspecified atom stereocenters. The van der Waals surface area contributed by atoms with E-state index < -0.39 is 0 Å². The molecule has 2 heterocycles. The summed E-state index contributed by atoms with van der Waals surface area (Å²) in [5.41, 5.74) is 0. The molecule has 4 heteroatoms. The van der Waals surface area contributed by atoms with Gasteiger partial charge in [-0.3, -0.25) is 4.90 Å². The first kappa shape index (κ1) is 12.3. The molecule has 3 atom stereocenters. The van der Waals surface area contributed by atoms with Crippen molar-refractivity contribution in [1.82, 2.24) is 15.1 Å². The van der Waals surface area contributed by atoms with Crippen molar-refractivity contribution in [2.75, 3.05) is 46.4 Å². The molecule has 0 radical (unpaired) electrons. The Balaban J connectivity index is 1.90. The van der Waals surface area contributed by atoms with Crippen LogP contribution >= 0.6 is 0 Å². The molecule has 0 saturated carbocycles. The maximum absolute atomic E-state index is 5.85. The number of nitrogens with zero attached hydrogens (tertiary/aromatic N) is 2. The molecule has 0 spiro atoms. The summed E-state index contributed by atoms with van der Waals surface area (Å²) in [6.45, 7) is 11.0. The molecule has 0 aromatic heterocycles. The fourth-order valence-corrected chi connectivity index (χ4v) is 2.87. The Morgan fingerprint density at radius 2 is 2.19 bits per heavy atom. The van der Waals surface area contributed by atoms with Crippen LogP contribution in [0.2, 0.25) is 0 Å². The molecular formula is C12H25N3O. The number of rotatable bonds is 2. The standard InChI is InChI=1S/C12H25N3O/c1-10-9-14(3)5-6-15(10)11(2)12-8-13-4-7-16-12/h10-13H,4-9H2,1-3H3. The number of morpholine rings is 1. The molecular weight excluding hydrogens is 202 g/mol. The van der Waals surface area contributed by atoms with Gasteiger partial charge in [0.1, 0.15) is 0 Å². The highest BCUT2D eigenvalue weighted by molar-refractivity contribution is 4.87. The molecule has 94 valence electrons. The van der Waals surface area contributed by atoms with Crippen LogP contribution in [0, 0.1) is 0 Å². The summed E-state index contributed by atoms with van der Waals surface area (Å²) in [5.74, 6) is 0. The molecule has 2 aliphatic heterocycles. The number of nitrogens with one attached hydrogen (secondary N) is 1. The summed E-state index contributed by atoms with van der Waals surface area (Å²) >= 11 is 0. The van der Waals surface area contributed by atoms with E-state index in [0.717, 1.165) is 19.7 Å². The van der Waals surface area contributed by atoms with Gasteiger partial charge in [0.15, 0.2) is 0 Å². The van der Waals surface area contributed by atoms with Crippen LogP contribution in [0.15, 0.2) is 0 Å². The van der Waals surface area contributed by atoms with Crippen LogP contribution in [0.1, 0.15) is 13.8 Å². The molecule has 0 aromatic rings. The molecule has 0 aromatic carbocycles. The average Bonchev–Trinajstić information content (AvgIpc) is 2.29. The fourth-order valence-electron chi connectivity index (χ4n) is 2.87. The Hall–Kier alpha value is -0.160. The summed E-state index contributed by atoms with van der Waals surface area (Å²) in [6.07, 6.45) is 0.361. The number of hydrogen-bond donors (Lipinski definition) is 1. The molecule has 0 aliphatic carbocycles. The minimum Gasteiger partial charge on any atom is -0.374 e. The van der Waals surface area contributed by atoms with Crippen molar-refractivity contribution in [2.45, 2.75) is 32.0 Å². The van der Waals surface area contributed by atoms with Gasteiger partial charge in [-0.05, 0) is 20.9 Å². The second-order valence-electron chi connectivity index (χ2n) is 5.20. The van der Waals surface area contributed by atoms with Gasteiger partial charge in [0.05, 0.1) is 12.7 Å².